The van der Waals surface area contributed by atoms with Gasteiger partial charge in [0.25, 0.3) is 0 Å². The van der Waals surface area contributed by atoms with E-state index in [0.717, 1.165) is 5.92 Å². The van der Waals surface area contributed by atoms with Gasteiger partial charge >= 0.3 is 0 Å². The van der Waals surface area contributed by atoms with Gasteiger partial charge < -0.3 is 0 Å². The third kappa shape index (κ3) is 3.47. The first-order valence-electron chi connectivity index (χ1n) is 3.88. The standard InChI is InChI=1S/C10H13S/c1-9(2)8-11-10-6-4-3-5-7-10/h3-4,6-7,9H,8H2,1-2H3. The van der Waals surface area contributed by atoms with E-state index in [4.69, 9.17) is 0 Å². The summed E-state index contributed by atoms with van der Waals surface area (Å²) < 4.78 is 0. The van der Waals surface area contributed by atoms with E-state index in [-0.39, 0.29) is 0 Å². The van der Waals surface area contributed by atoms with Crippen LogP contribution in [0.4, 0.5) is 0 Å². The molecule has 1 rings (SSSR count). The van der Waals surface area contributed by atoms with Gasteiger partial charge in [-0.1, -0.05) is 26.0 Å². The Morgan fingerprint density at radius 2 is 2.36 bits per heavy atom. The molecule has 1 aromatic rings. The molecule has 0 aliphatic heterocycles. The van der Waals surface area contributed by atoms with Crippen LogP contribution in [0.1, 0.15) is 13.8 Å². The second-order valence-electron chi connectivity index (χ2n) is 2.94. The highest BCUT2D eigenvalue weighted by Gasteiger charge is 1.95. The Morgan fingerprint density at radius 3 is 2.91 bits per heavy atom. The van der Waals surface area contributed by atoms with Crippen LogP contribution < -0.4 is 0 Å². The fourth-order valence-electron chi connectivity index (χ4n) is 0.730. The Morgan fingerprint density at radius 1 is 1.55 bits per heavy atom. The Kier molecular flexibility index (Phi) is 3.50. The molecule has 0 aliphatic carbocycles. The van der Waals surface area contributed by atoms with E-state index >= 15 is 0 Å². The Balaban J connectivity index is 2.39. The van der Waals surface area contributed by atoms with Crippen molar-refractivity contribution in [2.75, 3.05) is 5.75 Å². The summed E-state index contributed by atoms with van der Waals surface area (Å²) in [4.78, 5) is 1.32. The molecule has 1 aromatic carbocycles. The lowest BCUT2D eigenvalue weighted by Crippen LogP contribution is -1.89. The summed E-state index contributed by atoms with van der Waals surface area (Å²) in [6.07, 6.45) is 0. The number of hydrogen-bond acceptors (Lipinski definition) is 1. The van der Waals surface area contributed by atoms with Gasteiger partial charge in [-0.25, -0.2) is 0 Å². The summed E-state index contributed by atoms with van der Waals surface area (Å²) in [6, 6.07) is 11.2. The van der Waals surface area contributed by atoms with Crippen molar-refractivity contribution in [2.45, 2.75) is 18.7 Å². The summed E-state index contributed by atoms with van der Waals surface area (Å²) in [5, 5.41) is 0. The summed E-state index contributed by atoms with van der Waals surface area (Å²) in [7, 11) is 0. The van der Waals surface area contributed by atoms with E-state index in [1.165, 1.54) is 10.6 Å². The molecule has 0 unspecified atom stereocenters. The van der Waals surface area contributed by atoms with E-state index in [9.17, 15) is 0 Å². The quantitative estimate of drug-likeness (QED) is 0.620. The van der Waals surface area contributed by atoms with Crippen molar-refractivity contribution in [3.05, 3.63) is 30.3 Å². The van der Waals surface area contributed by atoms with Gasteiger partial charge in [0.15, 0.2) is 0 Å². The first-order valence-corrected chi connectivity index (χ1v) is 4.86. The van der Waals surface area contributed by atoms with E-state index in [1.54, 1.807) is 0 Å². The lowest BCUT2D eigenvalue weighted by Gasteiger charge is -2.02. The summed E-state index contributed by atoms with van der Waals surface area (Å²) in [5.74, 6) is 1.96. The molecular formula is C10H13S. The molecule has 0 saturated carbocycles. The second-order valence-corrected chi connectivity index (χ2v) is 4.04. The normalized spacial score (nSPS) is 10.5. The van der Waals surface area contributed by atoms with Crippen LogP contribution in [0.5, 0.6) is 0 Å². The molecule has 1 heteroatoms. The van der Waals surface area contributed by atoms with Gasteiger partial charge in [-0.05, 0) is 24.1 Å². The van der Waals surface area contributed by atoms with Crippen molar-refractivity contribution in [3.63, 3.8) is 0 Å². The van der Waals surface area contributed by atoms with E-state index < -0.39 is 0 Å². The van der Waals surface area contributed by atoms with Crippen LogP contribution in [0.25, 0.3) is 0 Å². The lowest BCUT2D eigenvalue weighted by atomic mass is 10.3. The maximum absolute atomic E-state index is 3.06. The molecule has 59 valence electrons. The topological polar surface area (TPSA) is 0 Å². The average molecular weight is 165 g/mol. The van der Waals surface area contributed by atoms with Gasteiger partial charge in [-0.2, -0.15) is 0 Å². The van der Waals surface area contributed by atoms with Crippen molar-refractivity contribution < 1.29 is 0 Å². The van der Waals surface area contributed by atoms with Gasteiger partial charge in [0.2, 0.25) is 0 Å². The van der Waals surface area contributed by atoms with Gasteiger partial charge in [-0.15, -0.1) is 11.8 Å². The predicted molar refractivity (Wildman–Crippen MR) is 50.8 cm³/mol. The van der Waals surface area contributed by atoms with E-state index in [0.29, 0.717) is 0 Å². The zero-order chi connectivity index (χ0) is 8.10. The van der Waals surface area contributed by atoms with Crippen molar-refractivity contribution in [1.29, 1.82) is 0 Å². The average Bonchev–Trinajstić information content (AvgIpc) is 2.03. The number of rotatable bonds is 3. The van der Waals surface area contributed by atoms with Crippen LogP contribution in [-0.2, 0) is 0 Å². The number of benzene rings is 1. The van der Waals surface area contributed by atoms with Crippen LogP contribution in [0, 0.1) is 12.0 Å². The van der Waals surface area contributed by atoms with Crippen molar-refractivity contribution >= 4 is 11.8 Å². The van der Waals surface area contributed by atoms with E-state index in [2.05, 4.69) is 26.0 Å². The highest BCUT2D eigenvalue weighted by atomic mass is 32.2. The fourth-order valence-corrected chi connectivity index (χ4v) is 1.58. The molecule has 0 aliphatic rings. The second kappa shape index (κ2) is 4.45. The largest absolute Gasteiger partial charge is 0.126 e. The third-order valence-electron chi connectivity index (χ3n) is 1.26. The lowest BCUT2D eigenvalue weighted by molar-refractivity contribution is 0.750. The molecule has 0 bridgehead atoms. The van der Waals surface area contributed by atoms with E-state index in [1.807, 2.05) is 30.0 Å². The molecule has 0 amide bonds. The summed E-state index contributed by atoms with van der Waals surface area (Å²) >= 11 is 1.90. The number of hydrogen-bond donors (Lipinski definition) is 0. The minimum Gasteiger partial charge on any atom is -0.126 e. The molecular weight excluding hydrogens is 152 g/mol. The molecule has 0 spiro atoms. The zero-order valence-corrected chi connectivity index (χ0v) is 7.82. The molecule has 0 heterocycles. The minimum absolute atomic E-state index is 0.764. The first-order chi connectivity index (χ1) is 5.29. The van der Waals surface area contributed by atoms with Crippen LogP contribution in [0.15, 0.2) is 29.2 Å². The number of thioether (sulfide) groups is 1. The van der Waals surface area contributed by atoms with Crippen LogP contribution >= 0.6 is 11.8 Å². The first kappa shape index (κ1) is 8.66. The maximum Gasteiger partial charge on any atom is 0.00782 e. The molecule has 1 radical (unpaired) electrons. The Hall–Kier alpha value is -0.430. The fraction of sp³-hybridized carbons (Fsp3) is 0.400. The highest BCUT2D eigenvalue weighted by Crippen LogP contribution is 2.19. The SMILES string of the molecule is CC(C)CSc1c[c]ccc1. The minimum atomic E-state index is 0.764. The predicted octanol–water partition coefficient (Wildman–Crippen LogP) is 3.23. The molecule has 0 N–H and O–H groups in total. The highest BCUT2D eigenvalue weighted by molar-refractivity contribution is 7.99. The summed E-state index contributed by atoms with van der Waals surface area (Å²) in [5.41, 5.74) is 0. The van der Waals surface area contributed by atoms with Gasteiger partial charge in [0, 0.05) is 10.6 Å². The van der Waals surface area contributed by atoms with Gasteiger partial charge in [-0.3, -0.25) is 0 Å². The van der Waals surface area contributed by atoms with Crippen molar-refractivity contribution in [2.24, 2.45) is 5.92 Å². The smallest absolute Gasteiger partial charge is 0.00782 e. The molecule has 0 aromatic heterocycles. The van der Waals surface area contributed by atoms with Crippen molar-refractivity contribution in [1.82, 2.24) is 0 Å². The monoisotopic (exact) mass is 165 g/mol. The summed E-state index contributed by atoms with van der Waals surface area (Å²) in [6.45, 7) is 4.47. The molecule has 0 atom stereocenters. The zero-order valence-electron chi connectivity index (χ0n) is 7.00. The van der Waals surface area contributed by atoms with Gasteiger partial charge in [0.05, 0.1) is 0 Å². The molecule has 0 nitrogen and oxygen atoms in total. The van der Waals surface area contributed by atoms with Crippen LogP contribution in [-0.4, -0.2) is 5.75 Å². The Bertz CT molecular complexity index is 191. The maximum atomic E-state index is 3.06. The molecule has 11 heavy (non-hydrogen) atoms. The van der Waals surface area contributed by atoms with Gasteiger partial charge in [0.1, 0.15) is 0 Å². The molecule has 0 saturated heterocycles. The van der Waals surface area contributed by atoms with Crippen LogP contribution in [0.2, 0.25) is 0 Å². The van der Waals surface area contributed by atoms with Crippen molar-refractivity contribution in [3.8, 4) is 0 Å². The molecule has 0 fully saturated rings. The van der Waals surface area contributed by atoms with Crippen LogP contribution in [0.3, 0.4) is 0 Å². The Labute approximate surface area is 73.0 Å². The third-order valence-corrected chi connectivity index (χ3v) is 2.68.